The molecule has 1 aliphatic carbocycles. The quantitative estimate of drug-likeness (QED) is 0.326. The number of ether oxygens (including phenoxy) is 1. The Bertz CT molecular complexity index is 1420. The number of carbonyl (C=O) groups is 1. The van der Waals surface area contributed by atoms with Gasteiger partial charge in [-0.2, -0.15) is 17.5 Å². The highest BCUT2D eigenvalue weighted by Gasteiger charge is 2.58. The minimum absolute atomic E-state index is 0.0103. The number of hydrogen-bond donors (Lipinski definition) is 0. The van der Waals surface area contributed by atoms with Crippen LogP contribution in [0.3, 0.4) is 0 Å². The molecule has 0 aromatic heterocycles. The number of sulfonamides is 1. The Balaban J connectivity index is 1.20. The molecule has 10 heteroatoms. The Morgan fingerprint density at radius 2 is 1.68 bits per heavy atom. The van der Waals surface area contributed by atoms with Gasteiger partial charge >= 0.3 is 6.18 Å². The van der Waals surface area contributed by atoms with E-state index in [2.05, 4.69) is 0 Å². The molecular formula is C28H25F4NO4S. The molecule has 5 nitrogen and oxygen atoms in total. The lowest BCUT2D eigenvalue weighted by Gasteiger charge is -2.26. The number of rotatable bonds is 9. The fourth-order valence-corrected chi connectivity index (χ4v) is 6.69. The van der Waals surface area contributed by atoms with Gasteiger partial charge in [-0.25, -0.2) is 12.8 Å². The third-order valence-corrected chi connectivity index (χ3v) is 8.96. The average molecular weight is 548 g/mol. The highest BCUT2D eigenvalue weighted by Crippen LogP contribution is 2.51. The van der Waals surface area contributed by atoms with Crippen LogP contribution in [-0.4, -0.2) is 31.1 Å². The summed E-state index contributed by atoms with van der Waals surface area (Å²) in [5.41, 5.74) is 0.680. The topological polar surface area (TPSA) is 63.7 Å². The number of benzene rings is 3. The molecule has 38 heavy (non-hydrogen) atoms. The van der Waals surface area contributed by atoms with Crippen molar-refractivity contribution in [2.45, 2.75) is 43.0 Å². The Hall–Kier alpha value is -3.24. The molecule has 0 unspecified atom stereocenters. The molecule has 1 heterocycles. The smallest absolute Gasteiger partial charge is 0.416 e. The maximum atomic E-state index is 13.3. The zero-order valence-corrected chi connectivity index (χ0v) is 21.0. The van der Waals surface area contributed by atoms with Gasteiger partial charge in [-0.1, -0.05) is 24.3 Å². The first-order chi connectivity index (χ1) is 18.0. The predicted octanol–water partition coefficient (Wildman–Crippen LogP) is 5.63. The highest BCUT2D eigenvalue weighted by atomic mass is 32.2. The summed E-state index contributed by atoms with van der Waals surface area (Å²) in [5.74, 6) is -0.00103. The van der Waals surface area contributed by atoms with Crippen LogP contribution in [0.25, 0.3) is 0 Å². The summed E-state index contributed by atoms with van der Waals surface area (Å²) in [4.78, 5) is 13.2. The number of alkyl halides is 3. The number of ketones is 1. The summed E-state index contributed by atoms with van der Waals surface area (Å²) >= 11 is 0. The second kappa shape index (κ2) is 10.1. The van der Waals surface area contributed by atoms with Gasteiger partial charge in [0, 0.05) is 13.0 Å². The summed E-state index contributed by atoms with van der Waals surface area (Å²) < 4.78 is 84.9. The fraction of sp³-hybridized carbons (Fsp3) is 0.321. The molecule has 0 N–H and O–H groups in total. The minimum Gasteiger partial charge on any atom is -0.489 e. The monoisotopic (exact) mass is 547 g/mol. The van der Waals surface area contributed by atoms with Crippen molar-refractivity contribution in [1.82, 2.24) is 4.31 Å². The normalized spacial score (nSPS) is 21.2. The fourth-order valence-electron chi connectivity index (χ4n) is 4.98. The van der Waals surface area contributed by atoms with E-state index in [1.54, 1.807) is 18.2 Å². The van der Waals surface area contributed by atoms with E-state index < -0.39 is 33.6 Å². The maximum Gasteiger partial charge on any atom is 0.416 e. The van der Waals surface area contributed by atoms with Crippen LogP contribution in [0.5, 0.6) is 5.75 Å². The van der Waals surface area contributed by atoms with Crippen molar-refractivity contribution in [3.05, 3.63) is 95.3 Å². The highest BCUT2D eigenvalue weighted by molar-refractivity contribution is 7.89. The van der Waals surface area contributed by atoms with Crippen LogP contribution in [0.2, 0.25) is 0 Å². The van der Waals surface area contributed by atoms with Gasteiger partial charge in [0.05, 0.1) is 16.5 Å². The number of hydrogen-bond acceptors (Lipinski definition) is 4. The van der Waals surface area contributed by atoms with Crippen LogP contribution in [0, 0.1) is 17.7 Å². The number of fused-ring (bicyclic) bond motifs is 1. The second-order valence-corrected chi connectivity index (χ2v) is 11.6. The zero-order valence-electron chi connectivity index (χ0n) is 20.2. The van der Waals surface area contributed by atoms with Gasteiger partial charge in [0.2, 0.25) is 10.0 Å². The molecule has 0 bridgehead atoms. The van der Waals surface area contributed by atoms with Gasteiger partial charge in [-0.15, -0.1) is 0 Å². The number of carbonyl (C=O) groups excluding carboxylic acids is 1. The van der Waals surface area contributed by atoms with Crippen molar-refractivity contribution in [2.75, 3.05) is 6.54 Å². The van der Waals surface area contributed by atoms with E-state index in [0.29, 0.717) is 17.7 Å². The summed E-state index contributed by atoms with van der Waals surface area (Å²) in [7, 11) is -3.92. The molecule has 200 valence electrons. The van der Waals surface area contributed by atoms with Crippen LogP contribution in [0.4, 0.5) is 17.6 Å². The minimum atomic E-state index is -4.40. The van der Waals surface area contributed by atoms with Crippen LogP contribution >= 0.6 is 0 Å². The van der Waals surface area contributed by atoms with Crippen molar-refractivity contribution in [2.24, 2.45) is 11.8 Å². The molecule has 3 aromatic carbocycles. The van der Waals surface area contributed by atoms with Crippen molar-refractivity contribution < 1.29 is 35.5 Å². The van der Waals surface area contributed by atoms with Gasteiger partial charge in [0.15, 0.2) is 5.78 Å². The van der Waals surface area contributed by atoms with E-state index in [0.717, 1.165) is 36.2 Å². The Kier molecular flexibility index (Phi) is 7.04. The number of halogens is 4. The average Bonchev–Trinajstić information content (AvgIpc) is 3.55. The van der Waals surface area contributed by atoms with E-state index in [9.17, 15) is 30.8 Å². The molecule has 0 spiro atoms. The van der Waals surface area contributed by atoms with E-state index in [4.69, 9.17) is 4.74 Å². The van der Waals surface area contributed by atoms with Crippen LogP contribution in [0.15, 0.2) is 77.7 Å². The number of piperidine rings is 1. The predicted molar refractivity (Wildman–Crippen MR) is 131 cm³/mol. The first-order valence-corrected chi connectivity index (χ1v) is 13.6. The van der Waals surface area contributed by atoms with Gasteiger partial charge < -0.3 is 4.74 Å². The lowest BCUT2D eigenvalue weighted by molar-refractivity contribution is -0.137. The summed E-state index contributed by atoms with van der Waals surface area (Å²) in [6, 6.07) is 15.7. The maximum absolute atomic E-state index is 13.3. The van der Waals surface area contributed by atoms with Gasteiger partial charge in [-0.05, 0) is 84.3 Å². The molecule has 2 fully saturated rings. The zero-order chi connectivity index (χ0) is 27.1. The molecule has 0 amide bonds. The third-order valence-electron chi connectivity index (χ3n) is 7.10. The standard InChI is InChI=1S/C28H25F4NO4S/c29-22-9-11-24(12-10-22)38(35,36)33-16-20-15-25(20)27(33)26(34)13-6-18-2-1-3-23(14-18)37-17-19-4-7-21(8-5-19)28(30,31)32/h1-5,7-12,14,20,25,27H,6,13,15-17H2/t20-,25-,27-/m0/s1. The first-order valence-electron chi connectivity index (χ1n) is 12.2. The van der Waals surface area contributed by atoms with Crippen molar-refractivity contribution in [3.63, 3.8) is 0 Å². The largest absolute Gasteiger partial charge is 0.489 e. The SMILES string of the molecule is O=C(CCc1cccc(OCc2ccc(C(F)(F)F)cc2)c1)[C@@H]1[C@H]2C[C@H]2CN1S(=O)(=O)c1ccc(F)cc1. The number of nitrogens with zero attached hydrogens (tertiary/aromatic N) is 1. The Labute approximate surface area is 218 Å². The van der Waals surface area contributed by atoms with Gasteiger partial charge in [-0.3, -0.25) is 4.79 Å². The molecule has 0 radical (unpaired) electrons. The van der Waals surface area contributed by atoms with Crippen LogP contribution in [-0.2, 0) is 34.0 Å². The Morgan fingerprint density at radius 3 is 2.37 bits per heavy atom. The Morgan fingerprint density at radius 1 is 0.974 bits per heavy atom. The molecular weight excluding hydrogens is 522 g/mol. The van der Waals surface area contributed by atoms with E-state index >= 15 is 0 Å². The molecule has 5 rings (SSSR count). The molecule has 3 atom stereocenters. The second-order valence-electron chi connectivity index (χ2n) is 9.73. The van der Waals surface area contributed by atoms with Crippen molar-refractivity contribution in [3.8, 4) is 5.75 Å². The van der Waals surface area contributed by atoms with E-state index in [-0.39, 0.29) is 42.1 Å². The third kappa shape index (κ3) is 5.61. The molecule has 1 saturated heterocycles. The van der Waals surface area contributed by atoms with Gasteiger partial charge in [0.1, 0.15) is 18.2 Å². The molecule has 2 aliphatic rings. The van der Waals surface area contributed by atoms with Crippen LogP contribution < -0.4 is 4.74 Å². The molecule has 1 aliphatic heterocycles. The lowest BCUT2D eigenvalue weighted by atomic mass is 10.0. The summed E-state index contributed by atoms with van der Waals surface area (Å²) in [6.07, 6.45) is -3.05. The molecule has 3 aromatic rings. The lowest BCUT2D eigenvalue weighted by Crippen LogP contribution is -2.43. The van der Waals surface area contributed by atoms with Crippen LogP contribution in [0.1, 0.15) is 29.5 Å². The number of aryl methyl sites for hydroxylation is 1. The van der Waals surface area contributed by atoms with E-state index in [1.807, 2.05) is 6.07 Å². The van der Waals surface area contributed by atoms with E-state index in [1.165, 1.54) is 28.6 Å². The summed E-state index contributed by atoms with van der Waals surface area (Å²) in [6.45, 7) is 0.371. The van der Waals surface area contributed by atoms with Crippen molar-refractivity contribution >= 4 is 15.8 Å². The molecule has 1 saturated carbocycles. The number of Topliss-reactive ketones (excluding diaryl/α,β-unsaturated/α-hetero) is 1. The van der Waals surface area contributed by atoms with Gasteiger partial charge in [0.25, 0.3) is 0 Å². The summed E-state index contributed by atoms with van der Waals surface area (Å²) in [5, 5.41) is 0. The van der Waals surface area contributed by atoms with Crippen molar-refractivity contribution in [1.29, 1.82) is 0 Å². The first kappa shape index (κ1) is 26.4.